The summed E-state index contributed by atoms with van der Waals surface area (Å²) in [7, 11) is 3.49. The number of hydrogen-bond donors (Lipinski definition) is 1. The minimum absolute atomic E-state index is 0.0616. The quantitative estimate of drug-likeness (QED) is 0.414. The fourth-order valence-electron chi connectivity index (χ4n) is 5.78. The molecule has 1 aliphatic rings. The Hall–Kier alpha value is -3.86. The maximum Gasteiger partial charge on any atom is 0.255 e. The van der Waals surface area contributed by atoms with E-state index < -0.39 is 0 Å². The van der Waals surface area contributed by atoms with E-state index in [1.54, 1.807) is 18.3 Å². The van der Waals surface area contributed by atoms with E-state index in [1.807, 2.05) is 25.5 Å². The lowest BCUT2D eigenvalue weighted by molar-refractivity contribution is -0.146. The Kier molecular flexibility index (Phi) is 7.72. The van der Waals surface area contributed by atoms with Gasteiger partial charge in [0.05, 0.1) is 24.6 Å². The molecule has 3 aromatic rings. The van der Waals surface area contributed by atoms with Crippen LogP contribution >= 0.6 is 0 Å². The van der Waals surface area contributed by atoms with Crippen LogP contribution in [-0.4, -0.2) is 45.5 Å². The molecule has 0 aliphatic carbocycles. The Labute approximate surface area is 237 Å². The number of fused-ring (bicyclic) bond motifs is 1. The van der Waals surface area contributed by atoms with Crippen LogP contribution in [0, 0.1) is 29.6 Å². The number of nitrogens with zero attached hydrogens (tertiary/aromatic N) is 4. The highest BCUT2D eigenvalue weighted by Crippen LogP contribution is 2.43. The first-order valence-electron chi connectivity index (χ1n) is 13.8. The van der Waals surface area contributed by atoms with Gasteiger partial charge >= 0.3 is 0 Å². The Morgan fingerprint density at radius 2 is 1.98 bits per heavy atom. The molecule has 8 nitrogen and oxygen atoms in total. The second kappa shape index (κ2) is 10.6. The van der Waals surface area contributed by atoms with Crippen LogP contribution < -0.4 is 10.1 Å². The molecule has 40 heavy (non-hydrogen) atoms. The minimum Gasteiger partial charge on any atom is -0.495 e. The number of nitrogens with one attached hydrogen (secondary N) is 1. The second-order valence-electron chi connectivity index (χ2n) is 12.8. The van der Waals surface area contributed by atoms with E-state index in [9.17, 15) is 14.9 Å². The number of anilines is 1. The molecule has 8 heteroatoms. The van der Waals surface area contributed by atoms with Crippen LogP contribution in [0.1, 0.15) is 87.4 Å². The molecule has 0 saturated carbocycles. The Bertz CT molecular complexity index is 1510. The summed E-state index contributed by atoms with van der Waals surface area (Å²) in [6.07, 6.45) is 5.54. The van der Waals surface area contributed by atoms with Gasteiger partial charge in [0.2, 0.25) is 5.91 Å². The molecule has 212 valence electrons. The minimum atomic E-state index is -0.318. The third-order valence-electron chi connectivity index (χ3n) is 8.66. The van der Waals surface area contributed by atoms with Gasteiger partial charge in [-0.25, -0.2) is 4.98 Å². The molecule has 2 aromatic heterocycles. The first-order chi connectivity index (χ1) is 18.7. The maximum atomic E-state index is 13.5. The second-order valence-corrected chi connectivity index (χ2v) is 12.8. The van der Waals surface area contributed by atoms with Crippen molar-refractivity contribution in [1.29, 1.82) is 5.26 Å². The molecule has 2 amide bonds. The zero-order chi connectivity index (χ0) is 29.6. The summed E-state index contributed by atoms with van der Waals surface area (Å²) in [4.78, 5) is 33.4. The monoisotopic (exact) mass is 543 g/mol. The van der Waals surface area contributed by atoms with Gasteiger partial charge in [0, 0.05) is 42.2 Å². The molecular formula is C32H41N5O3. The molecule has 0 spiro atoms. The third-order valence-corrected chi connectivity index (χ3v) is 8.66. The SMILES string of the molecule is COc1ccc(C(=O)Nc2cnc3c(c(C4CCN(C(=O)C(C)C(C)(C)C)C(C)(C)C4)cn3C)c2C)cc1C#N. The highest BCUT2D eigenvalue weighted by atomic mass is 16.5. The molecule has 2 unspecified atom stereocenters. The molecule has 4 rings (SSSR count). The number of ether oxygens (including phenoxy) is 1. The van der Waals surface area contributed by atoms with Gasteiger partial charge in [-0.2, -0.15) is 5.26 Å². The normalized spacial score (nSPS) is 17.8. The number of rotatable bonds is 5. The predicted octanol–water partition coefficient (Wildman–Crippen LogP) is 6.18. The maximum absolute atomic E-state index is 13.5. The van der Waals surface area contributed by atoms with E-state index in [-0.39, 0.29) is 34.6 Å². The van der Waals surface area contributed by atoms with E-state index in [0.29, 0.717) is 29.1 Å². The summed E-state index contributed by atoms with van der Waals surface area (Å²) in [5.41, 5.74) is 3.92. The van der Waals surface area contributed by atoms with Crippen molar-refractivity contribution in [2.24, 2.45) is 18.4 Å². The number of amides is 2. The Morgan fingerprint density at radius 1 is 1.27 bits per heavy atom. The Morgan fingerprint density at radius 3 is 2.58 bits per heavy atom. The highest BCUT2D eigenvalue weighted by Gasteiger charge is 2.42. The zero-order valence-corrected chi connectivity index (χ0v) is 25.2. The number of carbonyl (C=O) groups is 2. The van der Waals surface area contributed by atoms with Crippen LogP contribution in [0.5, 0.6) is 5.75 Å². The number of likely N-dealkylation sites (tertiary alicyclic amines) is 1. The summed E-state index contributed by atoms with van der Waals surface area (Å²) in [5.74, 6) is 0.514. The van der Waals surface area contributed by atoms with Crippen molar-refractivity contribution < 1.29 is 14.3 Å². The number of benzene rings is 1. The first kappa shape index (κ1) is 29.1. The molecule has 1 fully saturated rings. The van der Waals surface area contributed by atoms with Crippen molar-refractivity contribution in [2.75, 3.05) is 19.0 Å². The molecule has 1 saturated heterocycles. The van der Waals surface area contributed by atoms with Crippen molar-refractivity contribution in [3.63, 3.8) is 0 Å². The fraction of sp³-hybridized carbons (Fsp3) is 0.500. The van der Waals surface area contributed by atoms with Crippen molar-refractivity contribution >= 4 is 28.5 Å². The molecule has 0 bridgehead atoms. The lowest BCUT2D eigenvalue weighted by atomic mass is 9.76. The lowest BCUT2D eigenvalue weighted by Gasteiger charge is -2.48. The first-order valence-corrected chi connectivity index (χ1v) is 13.8. The van der Waals surface area contributed by atoms with Gasteiger partial charge < -0.3 is 19.5 Å². The van der Waals surface area contributed by atoms with Gasteiger partial charge in [0.1, 0.15) is 17.5 Å². The molecule has 1 aromatic carbocycles. The van der Waals surface area contributed by atoms with Crippen molar-refractivity contribution in [2.45, 2.75) is 72.8 Å². The van der Waals surface area contributed by atoms with Crippen LogP contribution in [0.3, 0.4) is 0 Å². The van der Waals surface area contributed by atoms with Crippen LogP contribution in [0.2, 0.25) is 0 Å². The van der Waals surface area contributed by atoms with Crippen LogP contribution in [0.15, 0.2) is 30.6 Å². The number of nitriles is 1. The van der Waals surface area contributed by atoms with Gasteiger partial charge in [-0.3, -0.25) is 9.59 Å². The molecule has 1 N–H and O–H groups in total. The number of hydrogen-bond acceptors (Lipinski definition) is 5. The lowest BCUT2D eigenvalue weighted by Crippen LogP contribution is -2.55. The molecule has 1 aliphatic heterocycles. The van der Waals surface area contributed by atoms with Crippen LogP contribution in [-0.2, 0) is 11.8 Å². The predicted molar refractivity (Wildman–Crippen MR) is 157 cm³/mol. The van der Waals surface area contributed by atoms with E-state index in [0.717, 1.165) is 29.4 Å². The number of aromatic nitrogens is 2. The van der Waals surface area contributed by atoms with Gasteiger partial charge in [-0.15, -0.1) is 0 Å². The smallest absolute Gasteiger partial charge is 0.255 e. The highest BCUT2D eigenvalue weighted by molar-refractivity contribution is 6.06. The van der Waals surface area contributed by atoms with Gasteiger partial charge in [0.15, 0.2) is 0 Å². The number of pyridine rings is 1. The largest absolute Gasteiger partial charge is 0.495 e. The molecule has 0 radical (unpaired) electrons. The standard InChI is InChI=1S/C32H41N5O3/c1-19-25(35-29(38)21-10-11-26(40-9)23(14-21)16-33)17-34-28-27(19)24(18-36(28)8)22-12-13-37(32(6,7)15-22)30(39)20(2)31(3,4)5/h10-11,14,17-18,20,22H,12-13,15H2,1-9H3,(H,35,38). The number of piperidine rings is 1. The van der Waals surface area contributed by atoms with Crippen LogP contribution in [0.25, 0.3) is 11.0 Å². The number of aryl methyl sites for hydroxylation is 2. The van der Waals surface area contributed by atoms with E-state index in [2.05, 4.69) is 57.1 Å². The summed E-state index contributed by atoms with van der Waals surface area (Å²) in [6.45, 7) is 15.4. The molecule has 2 atom stereocenters. The average molecular weight is 544 g/mol. The molecule has 3 heterocycles. The van der Waals surface area contributed by atoms with Crippen molar-refractivity contribution in [3.05, 3.63) is 52.8 Å². The van der Waals surface area contributed by atoms with Crippen molar-refractivity contribution in [3.8, 4) is 11.8 Å². The summed E-state index contributed by atoms with van der Waals surface area (Å²) >= 11 is 0. The van der Waals surface area contributed by atoms with E-state index >= 15 is 0 Å². The van der Waals surface area contributed by atoms with Crippen LogP contribution in [0.4, 0.5) is 5.69 Å². The average Bonchev–Trinajstić information content (AvgIpc) is 3.24. The number of carbonyl (C=O) groups excluding carboxylic acids is 2. The van der Waals surface area contributed by atoms with Gasteiger partial charge in [0.25, 0.3) is 5.91 Å². The fourth-order valence-corrected chi connectivity index (χ4v) is 5.78. The Balaban J connectivity index is 1.64. The summed E-state index contributed by atoms with van der Waals surface area (Å²) < 4.78 is 7.24. The zero-order valence-electron chi connectivity index (χ0n) is 25.2. The topological polar surface area (TPSA) is 100 Å². The third kappa shape index (κ3) is 5.30. The molecular weight excluding hydrogens is 502 g/mol. The van der Waals surface area contributed by atoms with E-state index in [4.69, 9.17) is 9.72 Å². The van der Waals surface area contributed by atoms with E-state index in [1.165, 1.54) is 18.7 Å². The summed E-state index contributed by atoms with van der Waals surface area (Å²) in [5, 5.41) is 13.5. The van der Waals surface area contributed by atoms with Crippen molar-refractivity contribution in [1.82, 2.24) is 14.5 Å². The van der Waals surface area contributed by atoms with Gasteiger partial charge in [-0.1, -0.05) is 27.7 Å². The van der Waals surface area contributed by atoms with Gasteiger partial charge in [-0.05, 0) is 74.3 Å². The number of methoxy groups -OCH3 is 1. The summed E-state index contributed by atoms with van der Waals surface area (Å²) in [6, 6.07) is 6.87.